The minimum Gasteiger partial charge on any atom is -0.453 e. The Hall–Kier alpha value is -6.12. The van der Waals surface area contributed by atoms with Crippen molar-refractivity contribution in [3.05, 3.63) is 96.8 Å². The number of carbonyl (C=O) groups excluding carboxylic acids is 4. The van der Waals surface area contributed by atoms with Gasteiger partial charge >= 0.3 is 12.2 Å². The van der Waals surface area contributed by atoms with Gasteiger partial charge in [-0.05, 0) is 70.2 Å². The smallest absolute Gasteiger partial charge is 0.407 e. The second kappa shape index (κ2) is 20.2. The molecule has 4 amide bonds. The number of hydrogen-bond acceptors (Lipinski definition) is 8. The van der Waals surface area contributed by atoms with Crippen molar-refractivity contribution in [1.29, 1.82) is 0 Å². The molecule has 64 heavy (non-hydrogen) atoms. The summed E-state index contributed by atoms with van der Waals surface area (Å²) in [5.74, 6) is 0.884. The molecule has 2 fully saturated rings. The molecule has 4 N–H and O–H groups in total. The summed E-state index contributed by atoms with van der Waals surface area (Å²) in [6.07, 6.45) is 5.61. The lowest BCUT2D eigenvalue weighted by atomic mass is 9.90. The third-order valence-electron chi connectivity index (χ3n) is 12.4. The fourth-order valence-corrected chi connectivity index (χ4v) is 9.23. The number of fused-ring (bicyclic) bond motifs is 2. The topological polar surface area (TPSA) is 175 Å². The SMILES string of the molecule is COC(=O)N[C@H](C(=O)N1CCC[C@H]1c1ncc(-c2cccc3c(-c4cccc5c(-c6cnc([C@@H]7CCCN7C(=O)[C@@H](NC(=O)OC)C(C)C)[nH]6)cccc45)cccc23)[nH]1)C(C)C.Cl.Cl. The Kier molecular flexibility index (Phi) is 14.9. The van der Waals surface area contributed by atoms with Crippen molar-refractivity contribution < 1.29 is 28.7 Å². The molecular weight excluding hydrogens is 855 g/mol. The average molecular weight is 912 g/mol. The van der Waals surface area contributed by atoms with Crippen LogP contribution in [0.25, 0.3) is 55.2 Å². The van der Waals surface area contributed by atoms with Crippen molar-refractivity contribution in [1.82, 2.24) is 40.4 Å². The van der Waals surface area contributed by atoms with Gasteiger partial charge in [0.25, 0.3) is 0 Å². The van der Waals surface area contributed by atoms with Crippen LogP contribution in [0.2, 0.25) is 0 Å². The molecule has 0 spiro atoms. The quantitative estimate of drug-likeness (QED) is 0.0995. The van der Waals surface area contributed by atoms with Crippen LogP contribution in [0.3, 0.4) is 0 Å². The number of aromatic nitrogens is 4. The van der Waals surface area contributed by atoms with E-state index in [4.69, 9.17) is 19.4 Å². The van der Waals surface area contributed by atoms with Crippen molar-refractivity contribution in [2.75, 3.05) is 27.3 Å². The number of nitrogens with one attached hydrogen (secondary N) is 4. The van der Waals surface area contributed by atoms with Gasteiger partial charge in [-0.1, -0.05) is 100 Å². The maximum Gasteiger partial charge on any atom is 0.407 e. The highest BCUT2D eigenvalue weighted by atomic mass is 35.5. The van der Waals surface area contributed by atoms with E-state index in [1.807, 2.05) is 49.9 Å². The van der Waals surface area contributed by atoms with Crippen LogP contribution in [0.4, 0.5) is 9.59 Å². The number of nitrogens with zero attached hydrogens (tertiary/aromatic N) is 4. The zero-order valence-corrected chi connectivity index (χ0v) is 38.5. The number of ether oxygens (including phenoxy) is 2. The molecule has 0 aliphatic carbocycles. The molecule has 4 atom stereocenters. The monoisotopic (exact) mass is 910 g/mol. The highest BCUT2D eigenvalue weighted by Crippen LogP contribution is 2.41. The number of aromatic amines is 2. The molecule has 0 radical (unpaired) electrons. The number of likely N-dealkylation sites (tertiary alicyclic amines) is 2. The lowest BCUT2D eigenvalue weighted by Gasteiger charge is -2.30. The number of rotatable bonds is 11. The molecule has 16 heteroatoms. The number of amides is 4. The number of carbonyl (C=O) groups is 4. The first kappa shape index (κ1) is 47.4. The number of H-pyrrole nitrogens is 2. The Morgan fingerprint density at radius 3 is 1.27 bits per heavy atom. The number of methoxy groups -OCH3 is 2. The Morgan fingerprint density at radius 2 is 0.922 bits per heavy atom. The first-order valence-electron chi connectivity index (χ1n) is 21.4. The fourth-order valence-electron chi connectivity index (χ4n) is 9.23. The number of hydrogen-bond donors (Lipinski definition) is 4. The van der Waals surface area contributed by atoms with E-state index in [0.29, 0.717) is 24.7 Å². The van der Waals surface area contributed by atoms with E-state index in [0.717, 1.165) is 80.9 Å². The average Bonchev–Trinajstić information content (AvgIpc) is 4.13. The Balaban J connectivity index is 0.00000340. The van der Waals surface area contributed by atoms with Crippen molar-refractivity contribution in [3.63, 3.8) is 0 Å². The van der Waals surface area contributed by atoms with Gasteiger partial charge in [-0.2, -0.15) is 0 Å². The second-order valence-corrected chi connectivity index (χ2v) is 16.9. The third-order valence-corrected chi connectivity index (χ3v) is 12.4. The lowest BCUT2D eigenvalue weighted by Crippen LogP contribution is -2.51. The minimum atomic E-state index is -0.710. The largest absolute Gasteiger partial charge is 0.453 e. The lowest BCUT2D eigenvalue weighted by molar-refractivity contribution is -0.136. The third kappa shape index (κ3) is 9.12. The Labute approximate surface area is 385 Å². The summed E-state index contributed by atoms with van der Waals surface area (Å²) in [5.41, 5.74) is 5.88. The van der Waals surface area contributed by atoms with Crippen molar-refractivity contribution in [3.8, 4) is 33.6 Å². The van der Waals surface area contributed by atoms with Gasteiger partial charge in [0.1, 0.15) is 23.7 Å². The van der Waals surface area contributed by atoms with E-state index in [1.54, 1.807) is 0 Å². The molecule has 4 heterocycles. The number of benzene rings is 4. The van der Waals surface area contributed by atoms with Gasteiger partial charge in [-0.15, -0.1) is 24.8 Å². The zero-order valence-electron chi connectivity index (χ0n) is 36.8. The van der Waals surface area contributed by atoms with E-state index in [9.17, 15) is 19.2 Å². The zero-order chi connectivity index (χ0) is 43.7. The van der Waals surface area contributed by atoms with Crippen LogP contribution in [-0.4, -0.2) is 93.1 Å². The van der Waals surface area contributed by atoms with Crippen LogP contribution in [0.15, 0.2) is 85.2 Å². The second-order valence-electron chi connectivity index (χ2n) is 16.9. The maximum atomic E-state index is 13.8. The van der Waals surface area contributed by atoms with Crippen LogP contribution < -0.4 is 10.6 Å². The van der Waals surface area contributed by atoms with Gasteiger partial charge in [0.15, 0.2) is 0 Å². The van der Waals surface area contributed by atoms with E-state index in [2.05, 4.69) is 93.4 Å². The molecule has 4 aromatic carbocycles. The first-order chi connectivity index (χ1) is 30.0. The summed E-state index contributed by atoms with van der Waals surface area (Å²) in [6.45, 7) is 8.78. The van der Waals surface area contributed by atoms with Crippen LogP contribution in [0, 0.1) is 11.8 Å². The Bertz CT molecular complexity index is 2470. The molecule has 338 valence electrons. The molecule has 0 bridgehead atoms. The maximum absolute atomic E-state index is 13.8. The van der Waals surface area contributed by atoms with Gasteiger partial charge in [-0.3, -0.25) is 9.59 Å². The number of imidazole rings is 2. The van der Waals surface area contributed by atoms with E-state index in [1.165, 1.54) is 14.2 Å². The van der Waals surface area contributed by atoms with Gasteiger partial charge in [0.2, 0.25) is 11.8 Å². The molecule has 2 aliphatic rings. The normalized spacial score (nSPS) is 16.9. The standard InChI is InChI=1S/C48H54N8O6.2ClH/c1-27(2)41(53-47(59)61-5)45(57)55-23-11-21-39(55)43-49-25-37(51-43)35-19-9-15-31-29(13-7-17-33(31)35)30-14-8-18-34-32(30)16-10-20-36(34)38-26-50-44(52-38)40-22-12-24-56(40)46(58)42(28(3)4)54-48(60)62-6;;/h7-10,13-20,25-28,39-42H,11-12,21-24H2,1-6H3,(H,49,51)(H,50,52)(H,53,59)(H,54,60);2*1H/t39-,40-,41-,42-;;/m0../s1. The molecule has 0 saturated carbocycles. The summed E-state index contributed by atoms with van der Waals surface area (Å²) >= 11 is 0. The van der Waals surface area contributed by atoms with Crippen LogP contribution in [0.1, 0.15) is 77.1 Å². The number of halogens is 2. The molecular formula is C48H56Cl2N8O6. The summed E-state index contributed by atoms with van der Waals surface area (Å²) < 4.78 is 9.61. The summed E-state index contributed by atoms with van der Waals surface area (Å²) in [4.78, 5) is 72.2. The van der Waals surface area contributed by atoms with Gasteiger partial charge < -0.3 is 39.9 Å². The molecule has 2 aromatic heterocycles. The van der Waals surface area contributed by atoms with E-state index < -0.39 is 24.3 Å². The van der Waals surface area contributed by atoms with Gasteiger partial charge in [-0.25, -0.2) is 19.6 Å². The van der Waals surface area contributed by atoms with Crippen LogP contribution in [0.5, 0.6) is 0 Å². The van der Waals surface area contributed by atoms with E-state index >= 15 is 0 Å². The molecule has 8 rings (SSSR count). The molecule has 6 aromatic rings. The molecule has 2 aliphatic heterocycles. The predicted molar refractivity (Wildman–Crippen MR) is 252 cm³/mol. The Morgan fingerprint density at radius 1 is 0.578 bits per heavy atom. The number of alkyl carbamates (subject to hydrolysis) is 2. The summed E-state index contributed by atoms with van der Waals surface area (Å²) in [5, 5.41) is 9.74. The summed E-state index contributed by atoms with van der Waals surface area (Å²) in [7, 11) is 2.59. The van der Waals surface area contributed by atoms with Gasteiger partial charge in [0, 0.05) is 24.2 Å². The molecule has 14 nitrogen and oxygen atoms in total. The van der Waals surface area contributed by atoms with Gasteiger partial charge in [0.05, 0.1) is 50.1 Å². The highest BCUT2D eigenvalue weighted by Gasteiger charge is 2.39. The molecule has 0 unspecified atom stereocenters. The van der Waals surface area contributed by atoms with E-state index in [-0.39, 0.29) is 60.5 Å². The van der Waals surface area contributed by atoms with Crippen molar-refractivity contribution in [2.45, 2.75) is 77.5 Å². The van der Waals surface area contributed by atoms with Crippen molar-refractivity contribution >= 4 is 70.4 Å². The predicted octanol–water partition coefficient (Wildman–Crippen LogP) is 9.37. The summed E-state index contributed by atoms with van der Waals surface area (Å²) in [6, 6.07) is 23.4. The van der Waals surface area contributed by atoms with Crippen LogP contribution >= 0.6 is 24.8 Å². The fraction of sp³-hybridized carbons (Fsp3) is 0.375. The highest BCUT2D eigenvalue weighted by molar-refractivity contribution is 6.11. The minimum absolute atomic E-state index is 0. The van der Waals surface area contributed by atoms with Crippen LogP contribution in [-0.2, 0) is 19.1 Å². The first-order valence-corrected chi connectivity index (χ1v) is 21.4. The van der Waals surface area contributed by atoms with Crippen molar-refractivity contribution in [2.24, 2.45) is 11.8 Å². The molecule has 2 saturated heterocycles.